The maximum atomic E-state index is 12.5. The van der Waals surface area contributed by atoms with Gasteiger partial charge in [-0.15, -0.1) is 12.4 Å². The second-order valence-electron chi connectivity index (χ2n) is 6.37. The first-order valence-electron chi connectivity index (χ1n) is 8.22. The van der Waals surface area contributed by atoms with E-state index in [1.165, 1.54) is 0 Å². The lowest BCUT2D eigenvalue weighted by atomic mass is 9.90. The lowest BCUT2D eigenvalue weighted by Crippen LogP contribution is -2.49. The Morgan fingerprint density at radius 3 is 2.67 bits per heavy atom. The van der Waals surface area contributed by atoms with Crippen molar-refractivity contribution in [2.45, 2.75) is 45.2 Å². The number of aryl methyl sites for hydroxylation is 1. The van der Waals surface area contributed by atoms with E-state index in [1.807, 2.05) is 27.1 Å². The van der Waals surface area contributed by atoms with Crippen molar-refractivity contribution >= 4 is 24.2 Å². The molecule has 24 heavy (non-hydrogen) atoms. The van der Waals surface area contributed by atoms with Crippen LogP contribution in [0.3, 0.4) is 0 Å². The van der Waals surface area contributed by atoms with Gasteiger partial charge in [0, 0.05) is 38.3 Å². The van der Waals surface area contributed by atoms with Crippen LogP contribution >= 0.6 is 12.4 Å². The van der Waals surface area contributed by atoms with Crippen LogP contribution in [0.15, 0.2) is 12.4 Å². The Bertz CT molecular complexity index is 562. The Morgan fingerprint density at radius 1 is 1.38 bits per heavy atom. The normalized spacial score (nSPS) is 22.3. The van der Waals surface area contributed by atoms with Crippen LogP contribution in [0.2, 0.25) is 0 Å². The molecular weight excluding hydrogens is 330 g/mol. The monoisotopic (exact) mass is 357 g/mol. The molecule has 0 aliphatic carbocycles. The molecule has 0 radical (unpaired) electrons. The molecule has 136 valence electrons. The zero-order valence-electron chi connectivity index (χ0n) is 14.7. The molecule has 1 aliphatic heterocycles. The molecule has 1 aliphatic rings. The van der Waals surface area contributed by atoms with E-state index in [2.05, 4.69) is 21.0 Å². The minimum absolute atomic E-state index is 0. The number of carbonyl (C=O) groups excluding carboxylic acids is 2. The van der Waals surface area contributed by atoms with E-state index >= 15 is 0 Å². The Morgan fingerprint density at radius 2 is 2.08 bits per heavy atom. The van der Waals surface area contributed by atoms with E-state index in [9.17, 15) is 9.59 Å². The third-order valence-corrected chi connectivity index (χ3v) is 4.46. The minimum atomic E-state index is -0.536. The molecule has 1 fully saturated rings. The molecule has 8 heteroatoms. The lowest BCUT2D eigenvalue weighted by Gasteiger charge is -2.21. The van der Waals surface area contributed by atoms with Crippen LogP contribution in [0.25, 0.3) is 0 Å². The highest BCUT2D eigenvalue weighted by Gasteiger charge is 2.35. The molecule has 0 bridgehead atoms. The average molecular weight is 358 g/mol. The van der Waals surface area contributed by atoms with E-state index in [0.717, 1.165) is 18.5 Å². The summed E-state index contributed by atoms with van der Waals surface area (Å²) in [5.74, 6) is -0.321. The van der Waals surface area contributed by atoms with Crippen molar-refractivity contribution in [2.24, 2.45) is 13.0 Å². The topological polar surface area (TPSA) is 88.1 Å². The average Bonchev–Trinajstić information content (AvgIpc) is 3.15. The van der Waals surface area contributed by atoms with Crippen LogP contribution in [0.4, 0.5) is 0 Å². The van der Waals surface area contributed by atoms with Crippen LogP contribution in [0.1, 0.15) is 38.7 Å². The number of aromatic nitrogens is 2. The van der Waals surface area contributed by atoms with Crippen LogP contribution in [0.5, 0.6) is 0 Å². The summed E-state index contributed by atoms with van der Waals surface area (Å²) < 4.78 is 1.74. The van der Waals surface area contributed by atoms with Gasteiger partial charge in [0.15, 0.2) is 0 Å². The van der Waals surface area contributed by atoms with E-state index < -0.39 is 6.04 Å². The number of halogens is 1. The Labute approximate surface area is 149 Å². The van der Waals surface area contributed by atoms with Gasteiger partial charge in [0.25, 0.3) is 0 Å². The predicted octanol–water partition coefficient (Wildman–Crippen LogP) is 0.564. The predicted molar refractivity (Wildman–Crippen MR) is 95.1 cm³/mol. The molecule has 1 aromatic rings. The van der Waals surface area contributed by atoms with Crippen molar-refractivity contribution in [1.82, 2.24) is 25.7 Å². The summed E-state index contributed by atoms with van der Waals surface area (Å²) >= 11 is 0. The third kappa shape index (κ3) is 4.95. The van der Waals surface area contributed by atoms with E-state index in [0.29, 0.717) is 6.54 Å². The van der Waals surface area contributed by atoms with Gasteiger partial charge < -0.3 is 16.0 Å². The molecule has 2 amide bonds. The number of nitrogens with zero attached hydrogens (tertiary/aromatic N) is 2. The molecule has 4 atom stereocenters. The maximum absolute atomic E-state index is 12.5. The summed E-state index contributed by atoms with van der Waals surface area (Å²) in [7, 11) is 1.86. The summed E-state index contributed by atoms with van der Waals surface area (Å²) in [5.41, 5.74) is 1.05. The Hall–Kier alpha value is -1.60. The summed E-state index contributed by atoms with van der Waals surface area (Å²) in [5, 5.41) is 13.2. The minimum Gasteiger partial charge on any atom is -0.352 e. The standard InChI is InChI=1S/C16H27N5O2.ClH/c1-5-10(2)19-15(22)11(3)20-16(23)14-8-17-7-13(14)12-6-18-21(4)9-12;/h6,9-11,13-14,17H,5,7-8H2,1-4H3,(H,19,22)(H,20,23);1H/t10?,11?,13-,14+;/m1./s1. The summed E-state index contributed by atoms with van der Waals surface area (Å²) in [6.07, 6.45) is 4.61. The fourth-order valence-electron chi connectivity index (χ4n) is 2.79. The zero-order valence-corrected chi connectivity index (χ0v) is 15.5. The number of hydrogen-bond acceptors (Lipinski definition) is 4. The molecule has 1 aromatic heterocycles. The molecule has 2 unspecified atom stereocenters. The van der Waals surface area contributed by atoms with Crippen LogP contribution in [-0.2, 0) is 16.6 Å². The van der Waals surface area contributed by atoms with Gasteiger partial charge in [-0.1, -0.05) is 6.92 Å². The molecule has 0 aromatic carbocycles. The molecule has 2 heterocycles. The van der Waals surface area contributed by atoms with Crippen molar-refractivity contribution < 1.29 is 9.59 Å². The highest BCUT2D eigenvalue weighted by Crippen LogP contribution is 2.27. The van der Waals surface area contributed by atoms with Crippen molar-refractivity contribution in [3.8, 4) is 0 Å². The number of nitrogens with one attached hydrogen (secondary N) is 3. The van der Waals surface area contributed by atoms with Crippen LogP contribution < -0.4 is 16.0 Å². The van der Waals surface area contributed by atoms with E-state index in [4.69, 9.17) is 0 Å². The first-order valence-corrected chi connectivity index (χ1v) is 8.22. The van der Waals surface area contributed by atoms with Gasteiger partial charge in [0.1, 0.15) is 6.04 Å². The Balaban J connectivity index is 0.00000288. The van der Waals surface area contributed by atoms with Crippen molar-refractivity contribution in [1.29, 1.82) is 0 Å². The quantitative estimate of drug-likeness (QED) is 0.694. The van der Waals surface area contributed by atoms with Gasteiger partial charge in [0.05, 0.1) is 12.1 Å². The highest BCUT2D eigenvalue weighted by molar-refractivity contribution is 5.89. The molecule has 3 N–H and O–H groups in total. The van der Waals surface area contributed by atoms with E-state index in [-0.39, 0.29) is 42.1 Å². The van der Waals surface area contributed by atoms with Gasteiger partial charge in [-0.25, -0.2) is 0 Å². The number of amides is 2. The highest BCUT2D eigenvalue weighted by atomic mass is 35.5. The smallest absolute Gasteiger partial charge is 0.242 e. The van der Waals surface area contributed by atoms with Crippen molar-refractivity contribution in [3.63, 3.8) is 0 Å². The second-order valence-corrected chi connectivity index (χ2v) is 6.37. The van der Waals surface area contributed by atoms with Gasteiger partial charge >= 0.3 is 0 Å². The molecule has 0 spiro atoms. The SMILES string of the molecule is CCC(C)NC(=O)C(C)NC(=O)[C@H]1CNC[C@@H]1c1cnn(C)c1.Cl. The largest absolute Gasteiger partial charge is 0.352 e. The second kappa shape index (κ2) is 9.03. The molecule has 1 saturated heterocycles. The summed E-state index contributed by atoms with van der Waals surface area (Å²) in [6, 6.07) is -0.426. The summed E-state index contributed by atoms with van der Waals surface area (Å²) in [4.78, 5) is 24.6. The number of hydrogen-bond donors (Lipinski definition) is 3. The fraction of sp³-hybridized carbons (Fsp3) is 0.688. The van der Waals surface area contributed by atoms with Crippen LogP contribution in [0, 0.1) is 5.92 Å². The summed E-state index contributed by atoms with van der Waals surface area (Å²) in [6.45, 7) is 7.04. The molecule has 0 saturated carbocycles. The van der Waals surface area contributed by atoms with Crippen LogP contribution in [-0.4, -0.2) is 46.8 Å². The maximum Gasteiger partial charge on any atom is 0.242 e. The molecule has 7 nitrogen and oxygen atoms in total. The number of rotatable bonds is 6. The van der Waals surface area contributed by atoms with Gasteiger partial charge in [-0.2, -0.15) is 5.10 Å². The fourth-order valence-corrected chi connectivity index (χ4v) is 2.79. The van der Waals surface area contributed by atoms with E-state index in [1.54, 1.807) is 17.8 Å². The molecular formula is C16H28ClN5O2. The third-order valence-electron chi connectivity index (χ3n) is 4.46. The number of carbonyl (C=O) groups is 2. The van der Waals surface area contributed by atoms with Gasteiger partial charge in [0.2, 0.25) is 11.8 Å². The van der Waals surface area contributed by atoms with Gasteiger partial charge in [-0.05, 0) is 25.8 Å². The Kier molecular flexibility index (Phi) is 7.69. The lowest BCUT2D eigenvalue weighted by molar-refractivity contribution is -0.131. The zero-order chi connectivity index (χ0) is 17.0. The van der Waals surface area contributed by atoms with Crippen molar-refractivity contribution in [2.75, 3.05) is 13.1 Å². The first-order chi connectivity index (χ1) is 10.9. The first kappa shape index (κ1) is 20.4. The van der Waals surface area contributed by atoms with Gasteiger partial charge in [-0.3, -0.25) is 14.3 Å². The molecule has 2 rings (SSSR count). The van der Waals surface area contributed by atoms with Crippen molar-refractivity contribution in [3.05, 3.63) is 18.0 Å².